The standard InChI is InChI=1S/C22H23N5O6/c1-4-33-14-7-5-13(6-8-14)27-21(29)19-20(22(27)30)26(25-24-19)12-18(28)23-16-10-9-15(31-2)11-17(16)32-3/h5-11,19-20H,4,12H2,1-3H3,(H,23,28)/t19-,20-/m0/s1. The molecule has 0 bridgehead atoms. The minimum absolute atomic E-state index is 0.268. The molecular weight excluding hydrogens is 430 g/mol. The molecule has 2 aliphatic rings. The second-order valence-corrected chi connectivity index (χ2v) is 7.25. The molecule has 2 aromatic carbocycles. The first kappa shape index (κ1) is 22.1. The van der Waals surface area contributed by atoms with Gasteiger partial charge in [0.15, 0.2) is 12.1 Å². The second-order valence-electron chi connectivity index (χ2n) is 7.25. The fourth-order valence-electron chi connectivity index (χ4n) is 3.71. The Bertz CT molecular complexity index is 1100. The van der Waals surface area contributed by atoms with Crippen LogP contribution in [0.25, 0.3) is 0 Å². The monoisotopic (exact) mass is 453 g/mol. The van der Waals surface area contributed by atoms with E-state index in [9.17, 15) is 14.4 Å². The lowest BCUT2D eigenvalue weighted by Crippen LogP contribution is -2.43. The Hall–Kier alpha value is -4.15. The van der Waals surface area contributed by atoms with Gasteiger partial charge in [-0.3, -0.25) is 19.4 Å². The van der Waals surface area contributed by atoms with Gasteiger partial charge < -0.3 is 19.5 Å². The largest absolute Gasteiger partial charge is 0.497 e. The van der Waals surface area contributed by atoms with Crippen LogP contribution in [-0.2, 0) is 14.4 Å². The van der Waals surface area contributed by atoms with Gasteiger partial charge in [0.25, 0.3) is 11.8 Å². The van der Waals surface area contributed by atoms with Gasteiger partial charge in [-0.15, -0.1) is 0 Å². The Morgan fingerprint density at radius 2 is 1.76 bits per heavy atom. The van der Waals surface area contributed by atoms with E-state index in [4.69, 9.17) is 14.2 Å². The van der Waals surface area contributed by atoms with Crippen LogP contribution in [0.3, 0.4) is 0 Å². The van der Waals surface area contributed by atoms with Crippen LogP contribution in [0.5, 0.6) is 17.2 Å². The summed E-state index contributed by atoms with van der Waals surface area (Å²) in [7, 11) is 3.00. The predicted molar refractivity (Wildman–Crippen MR) is 117 cm³/mol. The lowest BCUT2D eigenvalue weighted by molar-refractivity contribution is -0.123. The van der Waals surface area contributed by atoms with E-state index in [1.165, 1.54) is 19.2 Å². The maximum Gasteiger partial charge on any atom is 0.263 e. The average molecular weight is 453 g/mol. The number of benzene rings is 2. The maximum atomic E-state index is 13.1. The number of carbonyl (C=O) groups excluding carboxylic acids is 3. The fraction of sp³-hybridized carbons (Fsp3) is 0.318. The van der Waals surface area contributed by atoms with Crippen molar-refractivity contribution in [2.45, 2.75) is 19.0 Å². The molecule has 11 nitrogen and oxygen atoms in total. The number of amides is 3. The molecule has 2 aromatic rings. The van der Waals surface area contributed by atoms with Gasteiger partial charge in [-0.1, -0.05) is 5.22 Å². The molecule has 0 aromatic heterocycles. The van der Waals surface area contributed by atoms with Gasteiger partial charge in [-0.25, -0.2) is 4.90 Å². The molecule has 0 saturated carbocycles. The van der Waals surface area contributed by atoms with Crippen molar-refractivity contribution in [1.29, 1.82) is 0 Å². The Morgan fingerprint density at radius 3 is 2.42 bits per heavy atom. The second kappa shape index (κ2) is 9.15. The molecule has 0 radical (unpaired) electrons. The Morgan fingerprint density at radius 1 is 1.03 bits per heavy atom. The van der Waals surface area contributed by atoms with Gasteiger partial charge in [0, 0.05) is 6.07 Å². The summed E-state index contributed by atoms with van der Waals surface area (Å²) in [5.74, 6) is 0.194. The van der Waals surface area contributed by atoms with Crippen LogP contribution in [0.4, 0.5) is 11.4 Å². The number of imide groups is 1. The first-order chi connectivity index (χ1) is 16.0. The van der Waals surface area contributed by atoms with E-state index >= 15 is 0 Å². The lowest BCUT2D eigenvalue weighted by atomic mass is 10.1. The van der Waals surface area contributed by atoms with Gasteiger partial charge in [-0.2, -0.15) is 5.11 Å². The predicted octanol–water partition coefficient (Wildman–Crippen LogP) is 2.03. The summed E-state index contributed by atoms with van der Waals surface area (Å²) < 4.78 is 15.8. The fourth-order valence-corrected chi connectivity index (χ4v) is 3.71. The minimum atomic E-state index is -0.993. The number of carbonyl (C=O) groups is 3. The van der Waals surface area contributed by atoms with E-state index in [0.29, 0.717) is 35.2 Å². The van der Waals surface area contributed by atoms with E-state index in [0.717, 1.165) is 4.90 Å². The number of nitrogens with one attached hydrogen (secondary N) is 1. The van der Waals surface area contributed by atoms with E-state index in [1.54, 1.807) is 42.5 Å². The zero-order valence-corrected chi connectivity index (χ0v) is 18.3. The van der Waals surface area contributed by atoms with Crippen molar-refractivity contribution in [3.05, 3.63) is 42.5 Å². The summed E-state index contributed by atoms with van der Waals surface area (Å²) >= 11 is 0. The molecule has 2 heterocycles. The lowest BCUT2D eigenvalue weighted by Gasteiger charge is -2.20. The topological polar surface area (TPSA) is 122 Å². The minimum Gasteiger partial charge on any atom is -0.497 e. The van der Waals surface area contributed by atoms with Crippen molar-refractivity contribution < 1.29 is 28.6 Å². The highest BCUT2D eigenvalue weighted by molar-refractivity contribution is 6.25. The van der Waals surface area contributed by atoms with E-state index in [2.05, 4.69) is 15.7 Å². The van der Waals surface area contributed by atoms with E-state index in [-0.39, 0.29) is 6.54 Å². The summed E-state index contributed by atoms with van der Waals surface area (Å²) in [4.78, 5) is 39.6. The molecule has 1 N–H and O–H groups in total. The van der Waals surface area contributed by atoms with Gasteiger partial charge in [0.2, 0.25) is 5.91 Å². The highest BCUT2D eigenvalue weighted by Crippen LogP contribution is 2.33. The molecule has 1 fully saturated rings. The Balaban J connectivity index is 1.46. The van der Waals surface area contributed by atoms with Crippen molar-refractivity contribution in [1.82, 2.24) is 5.01 Å². The summed E-state index contributed by atoms with van der Waals surface area (Å²) in [5.41, 5.74) is 0.839. The first-order valence-corrected chi connectivity index (χ1v) is 10.3. The zero-order chi connectivity index (χ0) is 23.5. The van der Waals surface area contributed by atoms with Crippen LogP contribution in [0, 0.1) is 0 Å². The third-order valence-corrected chi connectivity index (χ3v) is 5.25. The number of methoxy groups -OCH3 is 2. The molecular formula is C22H23N5O6. The molecule has 4 rings (SSSR count). The number of anilines is 2. The number of hydrogen-bond acceptors (Lipinski definition) is 9. The van der Waals surface area contributed by atoms with Crippen LogP contribution in [0.15, 0.2) is 52.8 Å². The van der Waals surface area contributed by atoms with E-state index < -0.39 is 29.8 Å². The van der Waals surface area contributed by atoms with E-state index in [1.807, 2.05) is 6.92 Å². The van der Waals surface area contributed by atoms with Gasteiger partial charge >= 0.3 is 0 Å². The van der Waals surface area contributed by atoms with Crippen molar-refractivity contribution in [2.24, 2.45) is 10.3 Å². The molecule has 0 spiro atoms. The maximum absolute atomic E-state index is 13.1. The third kappa shape index (κ3) is 4.16. The van der Waals surface area contributed by atoms with Crippen LogP contribution in [0.1, 0.15) is 6.92 Å². The number of hydrogen-bond donors (Lipinski definition) is 1. The van der Waals surface area contributed by atoms with Crippen molar-refractivity contribution in [3.8, 4) is 17.2 Å². The molecule has 2 aliphatic heterocycles. The van der Waals surface area contributed by atoms with Gasteiger partial charge in [-0.05, 0) is 43.3 Å². The number of fused-ring (bicyclic) bond motifs is 1. The summed E-state index contributed by atoms with van der Waals surface area (Å²) in [6.07, 6.45) is 0. The summed E-state index contributed by atoms with van der Waals surface area (Å²) in [6, 6.07) is 9.61. The van der Waals surface area contributed by atoms with Crippen molar-refractivity contribution in [2.75, 3.05) is 37.6 Å². The molecule has 3 amide bonds. The molecule has 0 unspecified atom stereocenters. The molecule has 172 valence electrons. The number of ether oxygens (including phenoxy) is 3. The molecule has 1 saturated heterocycles. The number of rotatable bonds is 8. The highest BCUT2D eigenvalue weighted by atomic mass is 16.5. The SMILES string of the molecule is CCOc1ccc(N2C(=O)[C@H]3N=NN(CC(=O)Nc4ccc(OC)cc4OC)[C@@H]3C2=O)cc1. The van der Waals surface area contributed by atoms with Crippen LogP contribution in [-0.4, -0.2) is 62.2 Å². The smallest absolute Gasteiger partial charge is 0.263 e. The molecule has 2 atom stereocenters. The van der Waals surface area contributed by atoms with Gasteiger partial charge in [0.1, 0.15) is 23.8 Å². The first-order valence-electron chi connectivity index (χ1n) is 10.3. The zero-order valence-electron chi connectivity index (χ0n) is 18.3. The van der Waals surface area contributed by atoms with Gasteiger partial charge in [0.05, 0.1) is 32.2 Å². The molecule has 33 heavy (non-hydrogen) atoms. The Labute approximate surface area is 189 Å². The third-order valence-electron chi connectivity index (χ3n) is 5.25. The van der Waals surface area contributed by atoms with Crippen LogP contribution >= 0.6 is 0 Å². The molecule has 0 aliphatic carbocycles. The summed E-state index contributed by atoms with van der Waals surface area (Å²) in [6.45, 7) is 2.10. The number of nitrogens with zero attached hydrogens (tertiary/aromatic N) is 4. The van der Waals surface area contributed by atoms with Crippen LogP contribution in [0.2, 0.25) is 0 Å². The molecule has 11 heteroatoms. The van der Waals surface area contributed by atoms with Crippen molar-refractivity contribution >= 4 is 29.1 Å². The highest BCUT2D eigenvalue weighted by Gasteiger charge is 2.55. The van der Waals surface area contributed by atoms with Crippen molar-refractivity contribution in [3.63, 3.8) is 0 Å². The van der Waals surface area contributed by atoms with Crippen LogP contribution < -0.4 is 24.4 Å². The normalized spacial score (nSPS) is 19.0. The Kier molecular flexibility index (Phi) is 6.11. The quantitative estimate of drug-likeness (QED) is 0.607. The average Bonchev–Trinajstić information content (AvgIpc) is 3.34. The summed E-state index contributed by atoms with van der Waals surface area (Å²) in [5, 5.41) is 11.8.